The van der Waals surface area contributed by atoms with E-state index in [0.29, 0.717) is 22.0 Å². The zero-order valence-electron chi connectivity index (χ0n) is 18.2. The summed E-state index contributed by atoms with van der Waals surface area (Å²) in [5.41, 5.74) is 0.884. The Bertz CT molecular complexity index is 1170. The molecule has 0 aliphatic carbocycles. The van der Waals surface area contributed by atoms with Crippen molar-refractivity contribution in [3.8, 4) is 5.75 Å². The van der Waals surface area contributed by atoms with E-state index in [-0.39, 0.29) is 18.0 Å². The van der Waals surface area contributed by atoms with Crippen molar-refractivity contribution in [1.29, 1.82) is 0 Å². The molecule has 1 amide bonds. The largest absolute Gasteiger partial charge is 0.492 e. The predicted octanol–water partition coefficient (Wildman–Crippen LogP) is 1.86. The highest BCUT2D eigenvalue weighted by Gasteiger charge is 2.23. The van der Waals surface area contributed by atoms with Crippen LogP contribution in [-0.4, -0.2) is 67.1 Å². The molecule has 9 nitrogen and oxygen atoms in total. The topological polar surface area (TPSA) is 113 Å². The van der Waals surface area contributed by atoms with Crippen molar-refractivity contribution in [2.75, 3.05) is 44.4 Å². The van der Waals surface area contributed by atoms with Gasteiger partial charge in [0.05, 0.1) is 23.4 Å². The highest BCUT2D eigenvalue weighted by molar-refractivity contribution is 7.92. The number of nitrogens with zero attached hydrogens (tertiary/aromatic N) is 2. The van der Waals surface area contributed by atoms with E-state index in [4.69, 9.17) is 16.3 Å². The molecule has 0 aliphatic heterocycles. The van der Waals surface area contributed by atoms with E-state index < -0.39 is 32.5 Å². The molecule has 0 unspecified atom stereocenters. The second kappa shape index (κ2) is 10.5. The Hall–Kier alpha value is -2.34. The number of carbonyl (C=O) groups excluding carboxylic acids is 1. The van der Waals surface area contributed by atoms with Gasteiger partial charge >= 0.3 is 0 Å². The smallest absolute Gasteiger partial charge is 0.242 e. The van der Waals surface area contributed by atoms with Gasteiger partial charge in [0.2, 0.25) is 26.0 Å². The quantitative estimate of drug-likeness (QED) is 0.495. The van der Waals surface area contributed by atoms with E-state index in [2.05, 4.69) is 5.32 Å². The fraction of sp³-hybridized carbons (Fsp3) is 0.350. The van der Waals surface area contributed by atoms with Crippen molar-refractivity contribution < 1.29 is 26.4 Å². The minimum absolute atomic E-state index is 0.112. The number of hydrogen-bond acceptors (Lipinski definition) is 6. The predicted molar refractivity (Wildman–Crippen MR) is 124 cm³/mol. The van der Waals surface area contributed by atoms with Crippen LogP contribution in [0.15, 0.2) is 47.4 Å². The van der Waals surface area contributed by atoms with Crippen LogP contribution in [0.3, 0.4) is 0 Å². The van der Waals surface area contributed by atoms with Crippen LogP contribution in [-0.2, 0) is 24.8 Å². The van der Waals surface area contributed by atoms with Gasteiger partial charge in [0.15, 0.2) is 0 Å². The summed E-state index contributed by atoms with van der Waals surface area (Å²) in [7, 11) is -4.35. The number of hydrogen-bond donors (Lipinski definition) is 1. The Balaban J connectivity index is 1.93. The Morgan fingerprint density at radius 1 is 1.06 bits per heavy atom. The molecule has 0 heterocycles. The minimum atomic E-state index is -3.72. The lowest BCUT2D eigenvalue weighted by molar-refractivity contribution is -0.119. The third-order valence-corrected chi connectivity index (χ3v) is 7.86. The van der Waals surface area contributed by atoms with E-state index in [0.717, 1.165) is 14.9 Å². The number of benzene rings is 2. The Labute approximate surface area is 194 Å². The summed E-state index contributed by atoms with van der Waals surface area (Å²) in [6.45, 7) is 1.51. The summed E-state index contributed by atoms with van der Waals surface area (Å²) in [6, 6.07) is 10.7. The Kier molecular flexibility index (Phi) is 8.52. The normalized spacial score (nSPS) is 11.9. The average molecular weight is 504 g/mol. The van der Waals surface area contributed by atoms with Gasteiger partial charge in [-0.2, -0.15) is 0 Å². The molecule has 2 aromatic rings. The molecule has 0 radical (unpaired) electrons. The van der Waals surface area contributed by atoms with Crippen molar-refractivity contribution >= 4 is 43.2 Å². The first-order chi connectivity index (χ1) is 14.8. The minimum Gasteiger partial charge on any atom is -0.492 e. The third-order valence-electron chi connectivity index (χ3n) is 4.49. The van der Waals surface area contributed by atoms with Gasteiger partial charge in [0, 0.05) is 19.1 Å². The summed E-state index contributed by atoms with van der Waals surface area (Å²) in [4.78, 5) is 12.5. The molecule has 1 N–H and O–H groups in total. The number of sulfonamides is 2. The highest BCUT2D eigenvalue weighted by Crippen LogP contribution is 2.28. The van der Waals surface area contributed by atoms with Crippen molar-refractivity contribution in [1.82, 2.24) is 9.62 Å². The first-order valence-electron chi connectivity index (χ1n) is 9.49. The van der Waals surface area contributed by atoms with Gasteiger partial charge in [-0.05, 0) is 48.9 Å². The van der Waals surface area contributed by atoms with Crippen LogP contribution in [0.25, 0.3) is 0 Å². The standard InChI is InChI=1S/C20H26ClN3O6S2/c1-15-18(21)6-5-7-19(15)24(31(4,26)27)14-20(25)22-12-13-30-16-8-10-17(11-9-16)32(28,29)23(2)3/h5-11H,12-14H2,1-4H3,(H,22,25). The highest BCUT2D eigenvalue weighted by atomic mass is 35.5. The second-order valence-corrected chi connectivity index (χ2v) is 11.6. The average Bonchev–Trinajstić information content (AvgIpc) is 2.71. The van der Waals surface area contributed by atoms with Crippen molar-refractivity contribution in [2.45, 2.75) is 11.8 Å². The number of nitrogens with one attached hydrogen (secondary N) is 1. The lowest BCUT2D eigenvalue weighted by Crippen LogP contribution is -2.41. The molecule has 176 valence electrons. The van der Waals surface area contributed by atoms with Gasteiger partial charge in [-0.3, -0.25) is 9.10 Å². The van der Waals surface area contributed by atoms with E-state index in [9.17, 15) is 21.6 Å². The summed E-state index contributed by atoms with van der Waals surface area (Å²) < 4.78 is 56.2. The SMILES string of the molecule is Cc1c(Cl)cccc1N(CC(=O)NCCOc1ccc(S(=O)(=O)N(C)C)cc1)S(C)(=O)=O. The first kappa shape index (κ1) is 25.9. The van der Waals surface area contributed by atoms with Crippen LogP contribution in [0.1, 0.15) is 5.56 Å². The number of carbonyl (C=O) groups is 1. The molecule has 0 aromatic heterocycles. The number of ether oxygens (including phenoxy) is 1. The first-order valence-corrected chi connectivity index (χ1v) is 13.2. The molecule has 2 aromatic carbocycles. The van der Waals surface area contributed by atoms with Gasteiger partial charge in [0.25, 0.3) is 0 Å². The molecule has 2 rings (SSSR count). The maximum Gasteiger partial charge on any atom is 0.242 e. The fourth-order valence-corrected chi connectivity index (χ4v) is 4.69. The number of halogens is 1. The number of rotatable bonds is 10. The van der Waals surface area contributed by atoms with Crippen molar-refractivity contribution in [3.05, 3.63) is 53.1 Å². The van der Waals surface area contributed by atoms with Crippen LogP contribution in [0, 0.1) is 6.92 Å². The molecule has 0 saturated heterocycles. The third kappa shape index (κ3) is 6.58. The summed E-state index contributed by atoms with van der Waals surface area (Å²) in [6.07, 6.45) is 1.02. The van der Waals surface area contributed by atoms with E-state index in [1.165, 1.54) is 38.4 Å². The van der Waals surface area contributed by atoms with Gasteiger partial charge < -0.3 is 10.1 Å². The summed E-state index contributed by atoms with van der Waals surface area (Å²) >= 11 is 6.08. The lowest BCUT2D eigenvalue weighted by atomic mass is 10.2. The lowest BCUT2D eigenvalue weighted by Gasteiger charge is -2.24. The Morgan fingerprint density at radius 3 is 2.25 bits per heavy atom. The van der Waals surface area contributed by atoms with Crippen molar-refractivity contribution in [3.63, 3.8) is 0 Å². The maximum atomic E-state index is 12.3. The summed E-state index contributed by atoms with van der Waals surface area (Å²) in [5, 5.41) is 3.00. The van der Waals surface area contributed by atoms with Crippen molar-refractivity contribution in [2.24, 2.45) is 0 Å². The molecule has 12 heteroatoms. The zero-order valence-corrected chi connectivity index (χ0v) is 20.6. The van der Waals surface area contributed by atoms with Crippen LogP contribution >= 0.6 is 11.6 Å². The maximum absolute atomic E-state index is 12.3. The number of amides is 1. The summed E-state index contributed by atoms with van der Waals surface area (Å²) in [5.74, 6) is -0.0740. The molecule has 0 fully saturated rings. The second-order valence-electron chi connectivity index (χ2n) is 7.11. The van der Waals surface area contributed by atoms with E-state index in [1.807, 2.05) is 0 Å². The van der Waals surface area contributed by atoms with Crippen LogP contribution in [0.5, 0.6) is 5.75 Å². The molecular formula is C20H26ClN3O6S2. The van der Waals surface area contributed by atoms with Crippen LogP contribution < -0.4 is 14.4 Å². The molecule has 32 heavy (non-hydrogen) atoms. The molecule has 0 saturated carbocycles. The van der Waals surface area contributed by atoms with Gasteiger partial charge in [-0.25, -0.2) is 21.1 Å². The molecule has 0 bridgehead atoms. The molecular weight excluding hydrogens is 478 g/mol. The zero-order chi connectivity index (χ0) is 24.1. The van der Waals surface area contributed by atoms with E-state index in [1.54, 1.807) is 25.1 Å². The van der Waals surface area contributed by atoms with Crippen LogP contribution in [0.4, 0.5) is 5.69 Å². The molecule has 0 atom stereocenters. The number of anilines is 1. The molecule has 0 spiro atoms. The molecule has 0 aliphatic rings. The Morgan fingerprint density at radius 2 is 1.69 bits per heavy atom. The van der Waals surface area contributed by atoms with Gasteiger partial charge in [-0.15, -0.1) is 0 Å². The van der Waals surface area contributed by atoms with Gasteiger partial charge in [0.1, 0.15) is 18.9 Å². The fourth-order valence-electron chi connectivity index (χ4n) is 2.71. The van der Waals surface area contributed by atoms with Crippen LogP contribution in [0.2, 0.25) is 5.02 Å². The van der Waals surface area contributed by atoms with Gasteiger partial charge in [-0.1, -0.05) is 17.7 Å². The monoisotopic (exact) mass is 503 g/mol. The van der Waals surface area contributed by atoms with E-state index >= 15 is 0 Å².